The lowest BCUT2D eigenvalue weighted by Crippen LogP contribution is -2.39. The number of hydrogen-bond acceptors (Lipinski definition) is 5. The first-order valence-electron chi connectivity index (χ1n) is 8.98. The van der Waals surface area contributed by atoms with Crippen LogP contribution in [0.15, 0.2) is 84.9 Å². The highest BCUT2D eigenvalue weighted by Gasteiger charge is 2.41. The summed E-state index contributed by atoms with van der Waals surface area (Å²) >= 11 is 0. The van der Waals surface area contributed by atoms with Gasteiger partial charge >= 0.3 is 5.97 Å². The molecule has 0 unspecified atom stereocenters. The van der Waals surface area contributed by atoms with Crippen LogP contribution in [0, 0.1) is 0 Å². The molecule has 1 amide bonds. The van der Waals surface area contributed by atoms with E-state index in [-0.39, 0.29) is 0 Å². The van der Waals surface area contributed by atoms with Crippen LogP contribution in [0.4, 0.5) is 5.69 Å². The van der Waals surface area contributed by atoms with Crippen LogP contribution >= 0.6 is 0 Å². The minimum atomic E-state index is -2.02. The quantitative estimate of drug-likeness (QED) is 0.605. The fraction of sp³-hybridized carbons (Fsp3) is 0.130. The third-order valence-corrected chi connectivity index (χ3v) is 4.39. The second-order valence-electron chi connectivity index (χ2n) is 6.30. The lowest BCUT2D eigenvalue weighted by Gasteiger charge is -2.26. The minimum absolute atomic E-state index is 0.353. The van der Waals surface area contributed by atoms with Gasteiger partial charge in [0.1, 0.15) is 5.75 Å². The highest BCUT2D eigenvalue weighted by atomic mass is 16.6. The van der Waals surface area contributed by atoms with Gasteiger partial charge in [0.05, 0.1) is 7.11 Å². The van der Waals surface area contributed by atoms with Crippen LogP contribution in [0.2, 0.25) is 0 Å². The molecule has 0 spiro atoms. The van der Waals surface area contributed by atoms with Gasteiger partial charge in [0.15, 0.2) is 6.61 Å². The van der Waals surface area contributed by atoms with E-state index >= 15 is 0 Å². The minimum Gasteiger partial charge on any atom is -0.497 e. The van der Waals surface area contributed by atoms with Crippen molar-refractivity contribution < 1.29 is 24.2 Å². The zero-order chi connectivity index (χ0) is 20.7. The fourth-order valence-corrected chi connectivity index (χ4v) is 2.87. The Hall–Kier alpha value is -3.64. The lowest BCUT2D eigenvalue weighted by molar-refractivity contribution is -0.163. The van der Waals surface area contributed by atoms with Gasteiger partial charge in [0.2, 0.25) is 5.60 Å². The van der Waals surface area contributed by atoms with E-state index in [9.17, 15) is 14.7 Å². The van der Waals surface area contributed by atoms with Crippen molar-refractivity contribution >= 4 is 17.6 Å². The zero-order valence-corrected chi connectivity index (χ0v) is 15.9. The molecule has 2 N–H and O–H groups in total. The largest absolute Gasteiger partial charge is 0.497 e. The maximum absolute atomic E-state index is 12.8. The van der Waals surface area contributed by atoms with Crippen molar-refractivity contribution in [2.24, 2.45) is 0 Å². The normalized spacial score (nSPS) is 10.8. The smallest absolute Gasteiger partial charge is 0.348 e. The number of rotatable bonds is 7. The number of nitrogens with one attached hydrogen (secondary N) is 1. The molecule has 3 rings (SSSR count). The van der Waals surface area contributed by atoms with Gasteiger partial charge in [-0.3, -0.25) is 4.79 Å². The van der Waals surface area contributed by atoms with Crippen LogP contribution in [0.3, 0.4) is 0 Å². The van der Waals surface area contributed by atoms with E-state index in [1.807, 2.05) is 0 Å². The second kappa shape index (κ2) is 9.03. The molecule has 0 saturated carbocycles. The van der Waals surface area contributed by atoms with Crippen LogP contribution in [-0.4, -0.2) is 30.7 Å². The van der Waals surface area contributed by atoms with Crippen LogP contribution in [0.5, 0.6) is 5.75 Å². The summed E-state index contributed by atoms with van der Waals surface area (Å²) in [7, 11) is 1.55. The van der Waals surface area contributed by atoms with E-state index in [0.717, 1.165) is 0 Å². The molecule has 0 bridgehead atoms. The number of ether oxygens (including phenoxy) is 2. The van der Waals surface area contributed by atoms with Gasteiger partial charge < -0.3 is 19.9 Å². The molecule has 6 nitrogen and oxygen atoms in total. The van der Waals surface area contributed by atoms with Gasteiger partial charge in [-0.25, -0.2) is 4.79 Å². The Morgan fingerprint density at radius 3 is 1.86 bits per heavy atom. The monoisotopic (exact) mass is 391 g/mol. The molecular weight excluding hydrogens is 370 g/mol. The van der Waals surface area contributed by atoms with Crippen molar-refractivity contribution in [2.45, 2.75) is 5.60 Å². The van der Waals surface area contributed by atoms with Gasteiger partial charge in [-0.05, 0) is 35.4 Å². The summed E-state index contributed by atoms with van der Waals surface area (Å²) in [5, 5.41) is 13.9. The van der Waals surface area contributed by atoms with E-state index in [1.54, 1.807) is 92.0 Å². The molecule has 0 radical (unpaired) electrons. The van der Waals surface area contributed by atoms with Crippen molar-refractivity contribution in [1.29, 1.82) is 0 Å². The third kappa shape index (κ3) is 4.62. The number of esters is 1. The van der Waals surface area contributed by atoms with Gasteiger partial charge in [-0.2, -0.15) is 0 Å². The molecule has 0 heterocycles. The second-order valence-corrected chi connectivity index (χ2v) is 6.30. The first-order chi connectivity index (χ1) is 14.0. The molecule has 0 aliphatic heterocycles. The van der Waals surface area contributed by atoms with Crippen LogP contribution in [0.1, 0.15) is 11.1 Å². The van der Waals surface area contributed by atoms with Crippen molar-refractivity contribution in [3.63, 3.8) is 0 Å². The first-order valence-corrected chi connectivity index (χ1v) is 8.98. The Morgan fingerprint density at radius 1 is 0.862 bits per heavy atom. The molecule has 0 aliphatic rings. The average Bonchev–Trinajstić information content (AvgIpc) is 2.78. The van der Waals surface area contributed by atoms with Crippen molar-refractivity contribution in [3.05, 3.63) is 96.1 Å². The number of hydrogen-bond donors (Lipinski definition) is 2. The number of anilines is 1. The number of carbonyl (C=O) groups excluding carboxylic acids is 2. The Kier molecular flexibility index (Phi) is 6.26. The van der Waals surface area contributed by atoms with E-state index in [2.05, 4.69) is 5.32 Å². The summed E-state index contributed by atoms with van der Waals surface area (Å²) in [5.41, 5.74) is -0.783. The van der Waals surface area contributed by atoms with Gasteiger partial charge in [0.25, 0.3) is 5.91 Å². The lowest BCUT2D eigenvalue weighted by atomic mass is 9.86. The molecule has 0 aliphatic carbocycles. The predicted molar refractivity (Wildman–Crippen MR) is 108 cm³/mol. The molecule has 0 aromatic heterocycles. The summed E-state index contributed by atoms with van der Waals surface area (Å²) in [4.78, 5) is 25.0. The van der Waals surface area contributed by atoms with Crippen molar-refractivity contribution in [3.8, 4) is 5.75 Å². The zero-order valence-electron chi connectivity index (χ0n) is 15.9. The van der Waals surface area contributed by atoms with E-state index in [0.29, 0.717) is 22.6 Å². The van der Waals surface area contributed by atoms with Crippen molar-refractivity contribution in [2.75, 3.05) is 19.0 Å². The summed E-state index contributed by atoms with van der Waals surface area (Å²) in [6, 6.07) is 23.7. The average molecular weight is 391 g/mol. The van der Waals surface area contributed by atoms with Gasteiger partial charge in [-0.15, -0.1) is 0 Å². The fourth-order valence-electron chi connectivity index (χ4n) is 2.87. The predicted octanol–water partition coefficient (Wildman–Crippen LogP) is 3.11. The van der Waals surface area contributed by atoms with Crippen molar-refractivity contribution in [1.82, 2.24) is 0 Å². The van der Waals surface area contributed by atoms with Crippen LogP contribution in [-0.2, 0) is 19.9 Å². The highest BCUT2D eigenvalue weighted by Crippen LogP contribution is 2.31. The molecule has 6 heteroatoms. The summed E-state index contributed by atoms with van der Waals surface area (Å²) < 4.78 is 10.2. The van der Waals surface area contributed by atoms with Crippen LogP contribution < -0.4 is 10.1 Å². The summed E-state index contributed by atoms with van der Waals surface area (Å²) in [5.74, 6) is -0.794. The topological polar surface area (TPSA) is 84.9 Å². The van der Waals surface area contributed by atoms with E-state index < -0.39 is 24.1 Å². The van der Waals surface area contributed by atoms with E-state index in [1.165, 1.54) is 0 Å². The molecule has 3 aromatic rings. The Balaban J connectivity index is 1.72. The highest BCUT2D eigenvalue weighted by molar-refractivity contribution is 5.94. The molecule has 0 saturated heterocycles. The van der Waals surface area contributed by atoms with Gasteiger partial charge in [-0.1, -0.05) is 60.7 Å². The molecule has 3 aromatic carbocycles. The maximum Gasteiger partial charge on any atom is 0.348 e. The number of carbonyl (C=O) groups is 2. The third-order valence-electron chi connectivity index (χ3n) is 4.39. The Morgan fingerprint density at radius 2 is 1.38 bits per heavy atom. The molecule has 148 valence electrons. The summed E-state index contributed by atoms with van der Waals surface area (Å²) in [6.45, 7) is -0.535. The SMILES string of the molecule is COc1ccc(NC(=O)COC(=O)C(O)(c2ccccc2)c2ccccc2)cc1. The standard InChI is InChI=1S/C23H21NO5/c1-28-20-14-12-19(13-15-20)24-21(25)16-29-22(26)23(27,17-8-4-2-5-9-17)18-10-6-3-7-11-18/h2-15,27H,16H2,1H3,(H,24,25). The van der Waals surface area contributed by atoms with E-state index in [4.69, 9.17) is 9.47 Å². The first kappa shape index (κ1) is 20.1. The maximum atomic E-state index is 12.8. The summed E-state index contributed by atoms with van der Waals surface area (Å²) in [6.07, 6.45) is 0. The number of methoxy groups -OCH3 is 1. The van der Waals surface area contributed by atoms with Gasteiger partial charge in [0, 0.05) is 5.69 Å². The number of amides is 1. The molecule has 0 atom stereocenters. The Bertz CT molecular complexity index is 916. The molecular formula is C23H21NO5. The Labute approximate surface area is 168 Å². The molecule has 0 fully saturated rings. The number of aliphatic hydroxyl groups is 1. The van der Waals surface area contributed by atoms with Crippen LogP contribution in [0.25, 0.3) is 0 Å². The molecule has 29 heavy (non-hydrogen) atoms. The number of benzene rings is 3.